The molecule has 0 atom stereocenters. The first-order chi connectivity index (χ1) is 8.63. The first-order valence-electron chi connectivity index (χ1n) is 5.20. The molecule has 0 bridgehead atoms. The van der Waals surface area contributed by atoms with Crippen LogP contribution in [0.3, 0.4) is 0 Å². The molecule has 0 saturated heterocycles. The van der Waals surface area contributed by atoms with Crippen LogP contribution in [0.15, 0.2) is 41.7 Å². The van der Waals surface area contributed by atoms with Crippen LogP contribution in [-0.4, -0.2) is 41.4 Å². The topological polar surface area (TPSA) is 97.1 Å². The molecular weight excluding hydrogens is 256 g/mol. The summed E-state index contributed by atoms with van der Waals surface area (Å²) in [6.07, 6.45) is 4.19. The minimum atomic E-state index is -3.63. The summed E-state index contributed by atoms with van der Waals surface area (Å²) in [6, 6.07) is 5.25. The highest BCUT2D eigenvalue weighted by Gasteiger charge is 2.16. The smallest absolute Gasteiger partial charge is 0.243 e. The SMILES string of the molecule is O=S(=O)(NCCO)c1cnn(-c2ccccn2)c1. The molecule has 2 heterocycles. The van der Waals surface area contributed by atoms with Crippen molar-refractivity contribution in [3.05, 3.63) is 36.8 Å². The van der Waals surface area contributed by atoms with Gasteiger partial charge in [-0.2, -0.15) is 5.10 Å². The molecule has 0 fully saturated rings. The molecule has 7 nitrogen and oxygen atoms in total. The summed E-state index contributed by atoms with van der Waals surface area (Å²) < 4.78 is 27.1. The standard InChI is InChI=1S/C10H12N4O3S/c15-6-5-13-18(16,17)9-7-12-14(8-9)10-3-1-2-4-11-10/h1-4,7-8,13,15H,5-6H2. The zero-order chi connectivity index (χ0) is 13.0. The first kappa shape index (κ1) is 12.7. The number of hydrogen-bond donors (Lipinski definition) is 2. The Morgan fingerprint density at radius 3 is 2.89 bits per heavy atom. The van der Waals surface area contributed by atoms with Crippen molar-refractivity contribution < 1.29 is 13.5 Å². The van der Waals surface area contributed by atoms with Crippen molar-refractivity contribution in [1.82, 2.24) is 19.5 Å². The minimum Gasteiger partial charge on any atom is -0.395 e. The van der Waals surface area contributed by atoms with E-state index in [4.69, 9.17) is 5.11 Å². The Kier molecular flexibility index (Phi) is 3.70. The summed E-state index contributed by atoms with van der Waals surface area (Å²) in [5.41, 5.74) is 0. The van der Waals surface area contributed by atoms with Gasteiger partial charge in [-0.05, 0) is 12.1 Å². The van der Waals surface area contributed by atoms with Gasteiger partial charge in [-0.25, -0.2) is 22.8 Å². The first-order valence-corrected chi connectivity index (χ1v) is 6.68. The summed E-state index contributed by atoms with van der Waals surface area (Å²) in [4.78, 5) is 4.08. The maximum atomic E-state index is 11.7. The van der Waals surface area contributed by atoms with Crippen molar-refractivity contribution in [2.75, 3.05) is 13.2 Å². The van der Waals surface area contributed by atoms with Crippen LogP contribution in [0.25, 0.3) is 5.82 Å². The van der Waals surface area contributed by atoms with Gasteiger partial charge in [-0.15, -0.1) is 0 Å². The van der Waals surface area contributed by atoms with Crippen LogP contribution in [0.2, 0.25) is 0 Å². The highest BCUT2D eigenvalue weighted by atomic mass is 32.2. The zero-order valence-corrected chi connectivity index (χ0v) is 10.2. The molecule has 18 heavy (non-hydrogen) atoms. The molecule has 2 rings (SSSR count). The van der Waals surface area contributed by atoms with Crippen molar-refractivity contribution in [1.29, 1.82) is 0 Å². The number of aromatic nitrogens is 3. The molecule has 8 heteroatoms. The Hall–Kier alpha value is -1.77. The number of sulfonamides is 1. The van der Waals surface area contributed by atoms with Gasteiger partial charge in [0.25, 0.3) is 0 Å². The summed E-state index contributed by atoms with van der Waals surface area (Å²) in [6.45, 7) is -0.287. The highest BCUT2D eigenvalue weighted by molar-refractivity contribution is 7.89. The Morgan fingerprint density at radius 1 is 1.39 bits per heavy atom. The fourth-order valence-electron chi connectivity index (χ4n) is 1.32. The molecule has 0 amide bonds. The van der Waals surface area contributed by atoms with Gasteiger partial charge in [0.15, 0.2) is 5.82 Å². The molecule has 2 N–H and O–H groups in total. The molecule has 0 spiro atoms. The number of pyridine rings is 1. The van der Waals surface area contributed by atoms with Crippen LogP contribution in [-0.2, 0) is 10.0 Å². The van der Waals surface area contributed by atoms with Crippen LogP contribution >= 0.6 is 0 Å². The lowest BCUT2D eigenvalue weighted by Gasteiger charge is -2.01. The van der Waals surface area contributed by atoms with Crippen molar-refractivity contribution in [3.63, 3.8) is 0 Å². The fourth-order valence-corrected chi connectivity index (χ4v) is 2.27. The molecule has 0 aliphatic rings. The van der Waals surface area contributed by atoms with E-state index in [1.807, 2.05) is 0 Å². The van der Waals surface area contributed by atoms with E-state index in [1.165, 1.54) is 17.1 Å². The van der Waals surface area contributed by atoms with Gasteiger partial charge < -0.3 is 5.11 Å². The lowest BCUT2D eigenvalue weighted by atomic mass is 10.5. The number of aliphatic hydroxyl groups excluding tert-OH is 1. The summed E-state index contributed by atoms with van der Waals surface area (Å²) in [7, 11) is -3.63. The zero-order valence-electron chi connectivity index (χ0n) is 9.39. The van der Waals surface area contributed by atoms with Gasteiger partial charge in [0.1, 0.15) is 4.90 Å². The number of nitrogens with one attached hydrogen (secondary N) is 1. The van der Waals surface area contributed by atoms with E-state index in [9.17, 15) is 8.42 Å². The van der Waals surface area contributed by atoms with Gasteiger partial charge in [-0.1, -0.05) is 6.07 Å². The monoisotopic (exact) mass is 268 g/mol. The van der Waals surface area contributed by atoms with E-state index in [0.29, 0.717) is 5.82 Å². The van der Waals surface area contributed by atoms with Crippen LogP contribution in [0.4, 0.5) is 0 Å². The maximum Gasteiger partial charge on any atom is 0.243 e. The molecule has 0 saturated carbocycles. The van der Waals surface area contributed by atoms with Crippen molar-refractivity contribution in [3.8, 4) is 5.82 Å². The largest absolute Gasteiger partial charge is 0.395 e. The fraction of sp³-hybridized carbons (Fsp3) is 0.200. The van der Waals surface area contributed by atoms with E-state index in [2.05, 4.69) is 14.8 Å². The predicted molar refractivity (Wildman–Crippen MR) is 63.6 cm³/mol. The molecular formula is C10H12N4O3S. The number of rotatable bonds is 5. The molecule has 0 aliphatic carbocycles. The number of aliphatic hydroxyl groups is 1. The van der Waals surface area contributed by atoms with E-state index in [0.717, 1.165) is 0 Å². The Bertz CT molecular complexity index is 609. The van der Waals surface area contributed by atoms with Crippen LogP contribution in [0, 0.1) is 0 Å². The van der Waals surface area contributed by atoms with Crippen LogP contribution in [0.1, 0.15) is 0 Å². The number of nitrogens with zero attached hydrogens (tertiary/aromatic N) is 3. The van der Waals surface area contributed by atoms with Crippen LogP contribution in [0.5, 0.6) is 0 Å². The minimum absolute atomic E-state index is 0.0293. The second kappa shape index (κ2) is 5.25. The van der Waals surface area contributed by atoms with Gasteiger partial charge in [0.2, 0.25) is 10.0 Å². The van der Waals surface area contributed by atoms with E-state index in [1.54, 1.807) is 24.4 Å². The third kappa shape index (κ3) is 2.73. The lowest BCUT2D eigenvalue weighted by molar-refractivity contribution is 0.301. The van der Waals surface area contributed by atoms with E-state index in [-0.39, 0.29) is 18.0 Å². The molecule has 0 radical (unpaired) electrons. The molecule has 0 aromatic carbocycles. The summed E-state index contributed by atoms with van der Waals surface area (Å²) >= 11 is 0. The van der Waals surface area contributed by atoms with Crippen molar-refractivity contribution >= 4 is 10.0 Å². The van der Waals surface area contributed by atoms with Crippen molar-refractivity contribution in [2.45, 2.75) is 4.90 Å². The normalized spacial score (nSPS) is 11.6. The third-order valence-electron chi connectivity index (χ3n) is 2.16. The van der Waals surface area contributed by atoms with E-state index < -0.39 is 10.0 Å². The Balaban J connectivity index is 2.26. The molecule has 96 valence electrons. The molecule has 2 aromatic rings. The van der Waals surface area contributed by atoms with Gasteiger partial charge in [0.05, 0.1) is 19.0 Å². The second-order valence-electron chi connectivity index (χ2n) is 3.43. The predicted octanol–water partition coefficient (Wildman–Crippen LogP) is -0.462. The van der Waals surface area contributed by atoms with Crippen LogP contribution < -0.4 is 4.72 Å². The molecule has 0 aliphatic heterocycles. The van der Waals surface area contributed by atoms with Gasteiger partial charge in [-0.3, -0.25) is 0 Å². The van der Waals surface area contributed by atoms with Gasteiger partial charge in [0, 0.05) is 12.7 Å². The molecule has 2 aromatic heterocycles. The average molecular weight is 268 g/mol. The maximum absolute atomic E-state index is 11.7. The molecule has 0 unspecified atom stereocenters. The lowest BCUT2D eigenvalue weighted by Crippen LogP contribution is -2.26. The Morgan fingerprint density at radius 2 is 2.22 bits per heavy atom. The quantitative estimate of drug-likeness (QED) is 0.764. The highest BCUT2D eigenvalue weighted by Crippen LogP contribution is 2.09. The second-order valence-corrected chi connectivity index (χ2v) is 5.20. The van der Waals surface area contributed by atoms with Gasteiger partial charge >= 0.3 is 0 Å². The van der Waals surface area contributed by atoms with Crippen molar-refractivity contribution in [2.24, 2.45) is 0 Å². The van der Waals surface area contributed by atoms with E-state index >= 15 is 0 Å². The average Bonchev–Trinajstić information content (AvgIpc) is 2.88. The third-order valence-corrected chi connectivity index (χ3v) is 3.57. The Labute approximate surface area is 104 Å². The summed E-state index contributed by atoms with van der Waals surface area (Å²) in [5.74, 6) is 0.529. The summed E-state index contributed by atoms with van der Waals surface area (Å²) in [5, 5.41) is 12.5. The number of hydrogen-bond acceptors (Lipinski definition) is 5.